The number of nitrogens with one attached hydrogen (secondary N) is 1. The standard InChI is InChI=1S/C33H33FN6O3S/c1-4-7-22-11-12-23(34)18-25(22)27-8-6-16-39(27)28-15-17-40-31(37-28)29(32-36-26(20-44-32)33(41)43-5-2)30(38-40)35-19-21-9-13-24(42-3)14-10-21/h4,7,9-15,17-18,20,27H,5-6,8,16,19H2,1-3H3,(H,35,38)/b7-4+. The number of ether oxygens (including phenoxy) is 2. The molecule has 6 rings (SSSR count). The SMILES string of the molecule is C/C=C/c1ccc(F)cc1C1CCCN1c1ccn2nc(NCc3ccc(OC)cc3)c(-c3nc(C(=O)OCC)cs3)c2n1. The number of rotatable bonds is 10. The van der Waals surface area contributed by atoms with Gasteiger partial charge >= 0.3 is 5.97 Å². The van der Waals surface area contributed by atoms with Gasteiger partial charge in [0.15, 0.2) is 17.2 Å². The molecule has 3 aromatic heterocycles. The minimum Gasteiger partial charge on any atom is -0.497 e. The van der Waals surface area contributed by atoms with Crippen LogP contribution in [0.2, 0.25) is 0 Å². The van der Waals surface area contributed by atoms with Crippen molar-refractivity contribution < 1.29 is 18.7 Å². The molecule has 0 aliphatic carbocycles. The quantitative estimate of drug-likeness (QED) is 0.166. The van der Waals surface area contributed by atoms with Crippen LogP contribution in [-0.2, 0) is 11.3 Å². The van der Waals surface area contributed by atoms with E-state index >= 15 is 0 Å². The number of aromatic nitrogens is 4. The summed E-state index contributed by atoms with van der Waals surface area (Å²) in [5.74, 6) is 1.41. The maximum Gasteiger partial charge on any atom is 0.357 e. The highest BCUT2D eigenvalue weighted by atomic mass is 32.1. The molecule has 9 nitrogen and oxygen atoms in total. The second kappa shape index (κ2) is 12.8. The number of anilines is 2. The van der Waals surface area contributed by atoms with Crippen molar-refractivity contribution in [3.05, 3.63) is 94.4 Å². The predicted molar refractivity (Wildman–Crippen MR) is 171 cm³/mol. The van der Waals surface area contributed by atoms with Gasteiger partial charge in [-0.15, -0.1) is 16.4 Å². The fraction of sp³-hybridized carbons (Fsp3) is 0.273. The zero-order chi connectivity index (χ0) is 30.6. The Bertz CT molecular complexity index is 1820. The lowest BCUT2D eigenvalue weighted by molar-refractivity contribution is 0.0520. The Morgan fingerprint density at radius 1 is 1.18 bits per heavy atom. The molecule has 0 radical (unpaired) electrons. The molecule has 4 heterocycles. The van der Waals surface area contributed by atoms with Crippen molar-refractivity contribution in [3.63, 3.8) is 0 Å². The lowest BCUT2D eigenvalue weighted by atomic mass is 9.97. The number of hydrogen-bond acceptors (Lipinski definition) is 9. The zero-order valence-corrected chi connectivity index (χ0v) is 25.6. The Kier molecular flexibility index (Phi) is 8.56. The van der Waals surface area contributed by atoms with Crippen molar-refractivity contribution in [1.82, 2.24) is 19.6 Å². The Hall–Kier alpha value is -4.77. The average Bonchev–Trinajstić information content (AvgIpc) is 3.79. The molecular weight excluding hydrogens is 579 g/mol. The highest BCUT2D eigenvalue weighted by Crippen LogP contribution is 2.39. The summed E-state index contributed by atoms with van der Waals surface area (Å²) in [7, 11) is 1.64. The van der Waals surface area contributed by atoms with E-state index in [4.69, 9.17) is 19.6 Å². The summed E-state index contributed by atoms with van der Waals surface area (Å²) in [5.41, 5.74) is 4.51. The first-order valence-electron chi connectivity index (χ1n) is 14.6. The molecule has 1 fully saturated rings. The summed E-state index contributed by atoms with van der Waals surface area (Å²) < 4.78 is 26.6. The molecule has 1 unspecified atom stereocenters. The minimum absolute atomic E-state index is 0.0267. The number of carbonyl (C=O) groups excluding carboxylic acids is 1. The van der Waals surface area contributed by atoms with Crippen LogP contribution in [0.1, 0.15) is 59.9 Å². The lowest BCUT2D eigenvalue weighted by Gasteiger charge is -2.27. The Balaban J connectivity index is 1.40. The number of thiazole rings is 1. The molecule has 0 spiro atoms. The average molecular weight is 613 g/mol. The van der Waals surface area contributed by atoms with E-state index in [0.717, 1.165) is 47.6 Å². The van der Waals surface area contributed by atoms with E-state index in [1.165, 1.54) is 17.4 Å². The molecule has 11 heteroatoms. The van der Waals surface area contributed by atoms with Crippen molar-refractivity contribution in [1.29, 1.82) is 0 Å². The van der Waals surface area contributed by atoms with Crippen molar-refractivity contribution in [3.8, 4) is 16.3 Å². The number of hydrogen-bond donors (Lipinski definition) is 1. The fourth-order valence-electron chi connectivity index (χ4n) is 5.55. The van der Waals surface area contributed by atoms with Crippen LogP contribution in [0.15, 0.2) is 66.2 Å². The molecule has 2 aromatic carbocycles. The van der Waals surface area contributed by atoms with Gasteiger partial charge in [-0.2, -0.15) is 0 Å². The van der Waals surface area contributed by atoms with Crippen LogP contribution in [0.3, 0.4) is 0 Å². The molecule has 1 atom stereocenters. The van der Waals surface area contributed by atoms with Crippen LogP contribution in [0, 0.1) is 5.82 Å². The van der Waals surface area contributed by atoms with Gasteiger partial charge in [0.25, 0.3) is 0 Å². The first-order valence-corrected chi connectivity index (χ1v) is 15.4. The first kappa shape index (κ1) is 29.3. The molecule has 0 saturated carbocycles. The fourth-order valence-corrected chi connectivity index (χ4v) is 6.38. The van der Waals surface area contributed by atoms with Crippen LogP contribution in [0.25, 0.3) is 22.3 Å². The van der Waals surface area contributed by atoms with Gasteiger partial charge in [-0.1, -0.05) is 30.4 Å². The summed E-state index contributed by atoms with van der Waals surface area (Å²) >= 11 is 1.34. The van der Waals surface area contributed by atoms with E-state index in [-0.39, 0.29) is 24.2 Å². The first-order chi connectivity index (χ1) is 21.5. The highest BCUT2D eigenvalue weighted by molar-refractivity contribution is 7.13. The molecule has 1 N–H and O–H groups in total. The number of fused-ring (bicyclic) bond motifs is 1. The van der Waals surface area contributed by atoms with Crippen LogP contribution >= 0.6 is 11.3 Å². The van der Waals surface area contributed by atoms with Crippen LogP contribution in [-0.4, -0.2) is 45.8 Å². The molecule has 1 aliphatic heterocycles. The monoisotopic (exact) mass is 612 g/mol. The molecule has 0 amide bonds. The van der Waals surface area contributed by atoms with Crippen molar-refractivity contribution in [2.75, 3.05) is 30.5 Å². The highest BCUT2D eigenvalue weighted by Gasteiger charge is 2.30. The number of allylic oxidation sites excluding steroid dienone is 1. The topological polar surface area (TPSA) is 93.9 Å². The van der Waals surface area contributed by atoms with Crippen LogP contribution < -0.4 is 15.0 Å². The van der Waals surface area contributed by atoms with Gasteiger partial charge in [-0.05, 0) is 73.7 Å². The summed E-state index contributed by atoms with van der Waals surface area (Å²) in [6.07, 6.45) is 7.71. The molecule has 1 aliphatic rings. The Labute approximate surface area is 259 Å². The zero-order valence-electron chi connectivity index (χ0n) is 24.8. The van der Waals surface area contributed by atoms with E-state index in [1.54, 1.807) is 30.0 Å². The number of methoxy groups -OCH3 is 1. The van der Waals surface area contributed by atoms with E-state index in [9.17, 15) is 9.18 Å². The van der Waals surface area contributed by atoms with E-state index in [1.807, 2.05) is 61.7 Å². The van der Waals surface area contributed by atoms with E-state index in [2.05, 4.69) is 15.2 Å². The molecule has 0 bridgehead atoms. The number of nitrogens with zero attached hydrogens (tertiary/aromatic N) is 5. The van der Waals surface area contributed by atoms with Gasteiger partial charge < -0.3 is 19.7 Å². The second-order valence-electron chi connectivity index (χ2n) is 10.4. The molecule has 1 saturated heterocycles. The van der Waals surface area contributed by atoms with Gasteiger partial charge in [0.05, 0.1) is 25.3 Å². The van der Waals surface area contributed by atoms with Gasteiger partial charge in [0.1, 0.15) is 22.4 Å². The Morgan fingerprint density at radius 2 is 2.02 bits per heavy atom. The lowest BCUT2D eigenvalue weighted by Crippen LogP contribution is -2.24. The normalized spacial score (nSPS) is 14.9. The number of halogens is 1. The summed E-state index contributed by atoms with van der Waals surface area (Å²) in [5, 5.41) is 10.6. The largest absolute Gasteiger partial charge is 0.497 e. The van der Waals surface area contributed by atoms with Gasteiger partial charge in [-0.25, -0.2) is 23.7 Å². The predicted octanol–water partition coefficient (Wildman–Crippen LogP) is 7.16. The molecule has 226 valence electrons. The maximum absolute atomic E-state index is 14.4. The summed E-state index contributed by atoms with van der Waals surface area (Å²) in [6, 6.07) is 14.7. The third-order valence-electron chi connectivity index (χ3n) is 7.59. The third-order valence-corrected chi connectivity index (χ3v) is 8.45. The third kappa shape index (κ3) is 5.87. The summed E-state index contributed by atoms with van der Waals surface area (Å²) in [6.45, 7) is 5.28. The molecule has 5 aromatic rings. The molecular formula is C33H33FN6O3S. The van der Waals surface area contributed by atoms with Crippen molar-refractivity contribution in [2.24, 2.45) is 0 Å². The molecule has 44 heavy (non-hydrogen) atoms. The van der Waals surface area contributed by atoms with Crippen molar-refractivity contribution >= 4 is 40.7 Å². The Morgan fingerprint density at radius 3 is 2.80 bits per heavy atom. The van der Waals surface area contributed by atoms with Gasteiger partial charge in [0.2, 0.25) is 0 Å². The number of esters is 1. The van der Waals surface area contributed by atoms with Crippen LogP contribution in [0.4, 0.5) is 16.0 Å². The van der Waals surface area contributed by atoms with Crippen molar-refractivity contribution in [2.45, 2.75) is 39.3 Å². The van der Waals surface area contributed by atoms with Gasteiger partial charge in [-0.3, -0.25) is 0 Å². The smallest absolute Gasteiger partial charge is 0.357 e. The maximum atomic E-state index is 14.4. The minimum atomic E-state index is -0.472. The van der Waals surface area contributed by atoms with Crippen LogP contribution in [0.5, 0.6) is 5.75 Å². The second-order valence-corrected chi connectivity index (χ2v) is 11.2. The number of carbonyl (C=O) groups is 1. The van der Waals surface area contributed by atoms with E-state index in [0.29, 0.717) is 28.6 Å². The number of benzene rings is 2. The van der Waals surface area contributed by atoms with Gasteiger partial charge in [0, 0.05) is 24.7 Å². The summed E-state index contributed by atoms with van der Waals surface area (Å²) in [4.78, 5) is 24.4. The van der Waals surface area contributed by atoms with E-state index < -0.39 is 5.97 Å².